The Labute approximate surface area is 192 Å². The number of anilines is 1. The van der Waals surface area contributed by atoms with Crippen LogP contribution in [0.5, 0.6) is 0 Å². The van der Waals surface area contributed by atoms with Crippen LogP contribution in [0.3, 0.4) is 0 Å². The van der Waals surface area contributed by atoms with Gasteiger partial charge in [-0.3, -0.25) is 4.79 Å². The van der Waals surface area contributed by atoms with Crippen molar-refractivity contribution < 1.29 is 9.53 Å². The Balaban J connectivity index is 1.57. The molecule has 6 nitrogen and oxygen atoms in total. The van der Waals surface area contributed by atoms with E-state index in [9.17, 15) is 10.1 Å². The average molecular weight is 459 g/mol. The number of benzene rings is 1. The van der Waals surface area contributed by atoms with Crippen LogP contribution in [0.1, 0.15) is 52.5 Å². The Morgan fingerprint density at radius 1 is 1.16 bits per heavy atom. The van der Waals surface area contributed by atoms with E-state index in [4.69, 9.17) is 32.9 Å². The maximum absolute atomic E-state index is 12.9. The number of carbonyl (C=O) groups is 1. The fraction of sp³-hybridized carbons (Fsp3) is 0.435. The van der Waals surface area contributed by atoms with Gasteiger partial charge in [0.25, 0.3) is 5.91 Å². The standard InChI is InChI=1S/C23H24Cl2N4O2/c1-14(2)21-18-13-31-10-5-16(18)17(12-26)22(27-21)28-6-8-29(9-7-28)23(30)15-3-4-19(24)20(25)11-15/h3-4,11,14H,5-10,13H2,1-2H3. The molecule has 2 aromatic rings. The molecule has 0 atom stereocenters. The predicted molar refractivity (Wildman–Crippen MR) is 121 cm³/mol. The van der Waals surface area contributed by atoms with Crippen LogP contribution in [-0.2, 0) is 17.8 Å². The summed E-state index contributed by atoms with van der Waals surface area (Å²) in [5.74, 6) is 0.894. The quantitative estimate of drug-likeness (QED) is 0.680. The Morgan fingerprint density at radius 2 is 1.90 bits per heavy atom. The molecular formula is C23H24Cl2N4O2. The molecule has 0 bridgehead atoms. The molecule has 0 aliphatic carbocycles. The highest BCUT2D eigenvalue weighted by atomic mass is 35.5. The second-order valence-corrected chi connectivity index (χ2v) is 8.94. The molecule has 0 N–H and O–H groups in total. The van der Waals surface area contributed by atoms with E-state index in [0.717, 1.165) is 29.1 Å². The van der Waals surface area contributed by atoms with Crippen molar-refractivity contribution in [3.63, 3.8) is 0 Å². The smallest absolute Gasteiger partial charge is 0.254 e. The number of aromatic nitrogens is 1. The van der Waals surface area contributed by atoms with E-state index in [1.165, 1.54) is 0 Å². The summed E-state index contributed by atoms with van der Waals surface area (Å²) < 4.78 is 5.64. The van der Waals surface area contributed by atoms with Gasteiger partial charge in [-0.15, -0.1) is 0 Å². The van der Waals surface area contributed by atoms with Crippen molar-refractivity contribution >= 4 is 34.9 Å². The van der Waals surface area contributed by atoms with Gasteiger partial charge in [-0.2, -0.15) is 5.26 Å². The molecule has 1 aromatic carbocycles. The second kappa shape index (κ2) is 9.04. The van der Waals surface area contributed by atoms with Gasteiger partial charge in [0.2, 0.25) is 0 Å². The number of fused-ring (bicyclic) bond motifs is 1. The molecule has 8 heteroatoms. The van der Waals surface area contributed by atoms with Gasteiger partial charge in [0.1, 0.15) is 11.9 Å². The lowest BCUT2D eigenvalue weighted by Crippen LogP contribution is -2.49. The molecule has 0 radical (unpaired) electrons. The Morgan fingerprint density at radius 3 is 2.55 bits per heavy atom. The van der Waals surface area contributed by atoms with Gasteiger partial charge in [-0.1, -0.05) is 37.0 Å². The third-order valence-corrected chi connectivity index (χ3v) is 6.60. The highest BCUT2D eigenvalue weighted by Crippen LogP contribution is 2.33. The van der Waals surface area contributed by atoms with Crippen molar-refractivity contribution in [3.8, 4) is 6.07 Å². The van der Waals surface area contributed by atoms with E-state index >= 15 is 0 Å². The number of carbonyl (C=O) groups excluding carboxylic acids is 1. The minimum Gasteiger partial charge on any atom is -0.376 e. The summed E-state index contributed by atoms with van der Waals surface area (Å²) in [6.07, 6.45) is 0.725. The maximum atomic E-state index is 12.9. The number of nitrogens with zero attached hydrogens (tertiary/aromatic N) is 4. The molecule has 1 saturated heterocycles. The molecule has 162 valence electrons. The topological polar surface area (TPSA) is 69.5 Å². The van der Waals surface area contributed by atoms with Gasteiger partial charge in [0, 0.05) is 37.3 Å². The largest absolute Gasteiger partial charge is 0.376 e. The highest BCUT2D eigenvalue weighted by molar-refractivity contribution is 6.42. The highest BCUT2D eigenvalue weighted by Gasteiger charge is 2.29. The van der Waals surface area contributed by atoms with Gasteiger partial charge in [0.15, 0.2) is 0 Å². The van der Waals surface area contributed by atoms with Crippen molar-refractivity contribution in [2.24, 2.45) is 0 Å². The van der Waals surface area contributed by atoms with Crippen LogP contribution >= 0.6 is 23.2 Å². The Bertz CT molecular complexity index is 1060. The van der Waals surface area contributed by atoms with Gasteiger partial charge < -0.3 is 14.5 Å². The first-order valence-electron chi connectivity index (χ1n) is 10.4. The molecule has 2 aliphatic rings. The minimum atomic E-state index is -0.0721. The number of piperazine rings is 1. The van der Waals surface area contributed by atoms with Crippen LogP contribution < -0.4 is 4.90 Å². The second-order valence-electron chi connectivity index (χ2n) is 8.13. The average Bonchev–Trinajstić information content (AvgIpc) is 2.79. The number of pyridine rings is 1. The van der Waals surface area contributed by atoms with Crippen LogP contribution in [0.4, 0.5) is 5.82 Å². The van der Waals surface area contributed by atoms with Crippen molar-refractivity contribution in [3.05, 3.63) is 56.2 Å². The normalized spacial score (nSPS) is 16.3. The monoisotopic (exact) mass is 458 g/mol. The van der Waals surface area contributed by atoms with E-state index in [1.807, 2.05) is 0 Å². The van der Waals surface area contributed by atoms with Crippen LogP contribution in [0, 0.1) is 11.3 Å². The number of halogens is 2. The predicted octanol–water partition coefficient (Wildman–Crippen LogP) is 4.42. The summed E-state index contributed by atoms with van der Waals surface area (Å²) in [5.41, 5.74) is 4.30. The summed E-state index contributed by atoms with van der Waals surface area (Å²) in [7, 11) is 0. The fourth-order valence-electron chi connectivity index (χ4n) is 4.22. The van der Waals surface area contributed by atoms with Crippen LogP contribution in [0.15, 0.2) is 18.2 Å². The van der Waals surface area contributed by atoms with Gasteiger partial charge in [-0.05, 0) is 36.1 Å². The van der Waals surface area contributed by atoms with Crippen molar-refractivity contribution in [2.45, 2.75) is 32.8 Å². The minimum absolute atomic E-state index is 0.0721. The molecule has 31 heavy (non-hydrogen) atoms. The SMILES string of the molecule is CC(C)c1nc(N2CCN(C(=O)c3ccc(Cl)c(Cl)c3)CC2)c(C#N)c2c1COCC2. The summed E-state index contributed by atoms with van der Waals surface area (Å²) in [5, 5.41) is 10.7. The first-order valence-corrected chi connectivity index (χ1v) is 11.2. The number of nitriles is 1. The molecule has 0 unspecified atom stereocenters. The van der Waals surface area contributed by atoms with Crippen LogP contribution in [0.25, 0.3) is 0 Å². The molecule has 0 saturated carbocycles. The van der Waals surface area contributed by atoms with E-state index in [0.29, 0.717) is 60.6 Å². The van der Waals surface area contributed by atoms with Gasteiger partial charge >= 0.3 is 0 Å². The molecule has 2 aliphatic heterocycles. The summed E-state index contributed by atoms with van der Waals surface area (Å²) in [4.78, 5) is 21.7. The zero-order valence-corrected chi connectivity index (χ0v) is 19.1. The van der Waals surface area contributed by atoms with E-state index < -0.39 is 0 Å². The fourth-order valence-corrected chi connectivity index (χ4v) is 4.52. The lowest BCUT2D eigenvalue weighted by atomic mass is 9.92. The van der Waals surface area contributed by atoms with Crippen molar-refractivity contribution in [2.75, 3.05) is 37.7 Å². The molecule has 1 aromatic heterocycles. The van der Waals surface area contributed by atoms with E-state index in [-0.39, 0.29) is 11.8 Å². The Hall–Kier alpha value is -2.33. The number of ether oxygens (including phenoxy) is 1. The Kier molecular flexibility index (Phi) is 6.38. The van der Waals surface area contributed by atoms with Gasteiger partial charge in [-0.25, -0.2) is 4.98 Å². The maximum Gasteiger partial charge on any atom is 0.254 e. The van der Waals surface area contributed by atoms with E-state index in [1.54, 1.807) is 23.1 Å². The number of rotatable bonds is 3. The third-order valence-electron chi connectivity index (χ3n) is 5.86. The molecule has 1 amide bonds. The molecule has 3 heterocycles. The van der Waals surface area contributed by atoms with Crippen LogP contribution in [-0.4, -0.2) is 48.6 Å². The number of hydrogen-bond acceptors (Lipinski definition) is 5. The number of amides is 1. The van der Waals surface area contributed by atoms with Crippen molar-refractivity contribution in [1.29, 1.82) is 5.26 Å². The number of hydrogen-bond donors (Lipinski definition) is 0. The summed E-state index contributed by atoms with van der Waals surface area (Å²) in [6.45, 7) is 7.67. The molecule has 0 spiro atoms. The zero-order valence-electron chi connectivity index (χ0n) is 17.6. The zero-order chi connectivity index (χ0) is 22.1. The third kappa shape index (κ3) is 4.23. The van der Waals surface area contributed by atoms with Gasteiger partial charge in [0.05, 0.1) is 34.5 Å². The first-order chi connectivity index (χ1) is 14.9. The lowest BCUT2D eigenvalue weighted by Gasteiger charge is -2.37. The first kappa shape index (κ1) is 21.9. The van der Waals surface area contributed by atoms with Crippen molar-refractivity contribution in [1.82, 2.24) is 9.88 Å². The summed E-state index contributed by atoms with van der Waals surface area (Å²) >= 11 is 12.0. The molecule has 4 rings (SSSR count). The molecule has 1 fully saturated rings. The lowest BCUT2D eigenvalue weighted by molar-refractivity contribution is 0.0746. The van der Waals surface area contributed by atoms with E-state index in [2.05, 4.69) is 24.8 Å². The summed E-state index contributed by atoms with van der Waals surface area (Å²) in [6, 6.07) is 7.33. The van der Waals surface area contributed by atoms with Crippen LogP contribution in [0.2, 0.25) is 10.0 Å². The molecular weight excluding hydrogens is 435 g/mol.